The lowest BCUT2D eigenvalue weighted by Crippen LogP contribution is -2.35. The Morgan fingerprint density at radius 3 is 2.27 bits per heavy atom. The van der Waals surface area contributed by atoms with Crippen molar-refractivity contribution >= 4 is 23.0 Å². The molecule has 0 aromatic heterocycles. The highest BCUT2D eigenvalue weighted by molar-refractivity contribution is 7.80. The first-order valence-corrected chi connectivity index (χ1v) is 7.77. The number of halogens is 1. The molecule has 4 heteroatoms. The monoisotopic (exact) mass is 316 g/mol. The van der Waals surface area contributed by atoms with Crippen molar-refractivity contribution in [3.63, 3.8) is 0 Å². The van der Waals surface area contributed by atoms with E-state index < -0.39 is 0 Å². The molecular weight excluding hydrogens is 295 g/mol. The molecule has 0 radical (unpaired) electrons. The van der Waals surface area contributed by atoms with Crippen LogP contribution >= 0.6 is 12.2 Å². The van der Waals surface area contributed by atoms with Gasteiger partial charge in [-0.25, -0.2) is 4.39 Å². The third-order valence-corrected chi connectivity index (χ3v) is 3.80. The van der Waals surface area contributed by atoms with Crippen LogP contribution in [0.5, 0.6) is 0 Å². The zero-order chi connectivity index (χ0) is 16.1. The van der Waals surface area contributed by atoms with Crippen LogP contribution in [0, 0.1) is 18.7 Å². The molecule has 0 aliphatic heterocycles. The van der Waals surface area contributed by atoms with Gasteiger partial charge in [0.05, 0.1) is 6.04 Å². The molecule has 2 nitrogen and oxygen atoms in total. The number of thiocarbonyl (C=S) groups is 1. The molecule has 2 N–H and O–H groups in total. The fourth-order valence-electron chi connectivity index (χ4n) is 2.32. The lowest BCUT2D eigenvalue weighted by atomic mass is 9.96. The summed E-state index contributed by atoms with van der Waals surface area (Å²) in [5.74, 6) is 0.0916. The standard InChI is InChI=1S/C18H21FN2S/c1-12(2)17(14-8-10-15(19)11-9-14)21-18(22)20-16-7-5-4-6-13(16)3/h4-12,17H,1-3H3,(H2,20,21,22)/t17-/m1/s1. The number of anilines is 1. The second-order valence-electron chi connectivity index (χ2n) is 5.69. The Hall–Kier alpha value is -1.94. The highest BCUT2D eigenvalue weighted by atomic mass is 32.1. The van der Waals surface area contributed by atoms with E-state index in [2.05, 4.69) is 24.5 Å². The van der Waals surface area contributed by atoms with Gasteiger partial charge in [-0.15, -0.1) is 0 Å². The van der Waals surface area contributed by atoms with Gasteiger partial charge in [-0.05, 0) is 54.4 Å². The molecule has 116 valence electrons. The lowest BCUT2D eigenvalue weighted by molar-refractivity contribution is 0.472. The van der Waals surface area contributed by atoms with Crippen LogP contribution in [0.25, 0.3) is 0 Å². The number of aryl methyl sites for hydroxylation is 1. The topological polar surface area (TPSA) is 24.1 Å². The quantitative estimate of drug-likeness (QED) is 0.791. The summed E-state index contributed by atoms with van der Waals surface area (Å²) in [5.41, 5.74) is 3.14. The SMILES string of the molecule is Cc1ccccc1NC(=S)N[C@@H](c1ccc(F)cc1)C(C)C. The van der Waals surface area contributed by atoms with E-state index >= 15 is 0 Å². The molecule has 0 bridgehead atoms. The highest BCUT2D eigenvalue weighted by Crippen LogP contribution is 2.22. The molecule has 22 heavy (non-hydrogen) atoms. The smallest absolute Gasteiger partial charge is 0.171 e. The predicted octanol–water partition coefficient (Wildman–Crippen LogP) is 4.82. The largest absolute Gasteiger partial charge is 0.355 e. The van der Waals surface area contributed by atoms with Crippen LogP contribution < -0.4 is 10.6 Å². The van der Waals surface area contributed by atoms with Crippen molar-refractivity contribution in [1.29, 1.82) is 0 Å². The number of para-hydroxylation sites is 1. The van der Waals surface area contributed by atoms with Crippen molar-refractivity contribution in [2.45, 2.75) is 26.8 Å². The van der Waals surface area contributed by atoms with E-state index in [9.17, 15) is 4.39 Å². The van der Waals surface area contributed by atoms with E-state index in [4.69, 9.17) is 12.2 Å². The molecule has 2 rings (SSSR count). The first-order chi connectivity index (χ1) is 10.5. The van der Waals surface area contributed by atoms with Gasteiger partial charge in [0.2, 0.25) is 0 Å². The van der Waals surface area contributed by atoms with Gasteiger partial charge >= 0.3 is 0 Å². The molecule has 1 atom stereocenters. The van der Waals surface area contributed by atoms with Gasteiger partial charge < -0.3 is 10.6 Å². The number of hydrogen-bond acceptors (Lipinski definition) is 1. The Bertz CT molecular complexity index is 638. The zero-order valence-corrected chi connectivity index (χ0v) is 13.9. The number of benzene rings is 2. The van der Waals surface area contributed by atoms with Crippen molar-refractivity contribution < 1.29 is 4.39 Å². The van der Waals surface area contributed by atoms with Crippen LogP contribution in [0.2, 0.25) is 0 Å². The molecule has 0 saturated carbocycles. The van der Waals surface area contributed by atoms with Crippen molar-refractivity contribution in [3.05, 3.63) is 65.5 Å². The average Bonchev–Trinajstić information content (AvgIpc) is 2.48. The minimum Gasteiger partial charge on any atom is -0.355 e. The highest BCUT2D eigenvalue weighted by Gasteiger charge is 2.17. The molecule has 2 aromatic carbocycles. The van der Waals surface area contributed by atoms with Crippen molar-refractivity contribution in [2.24, 2.45) is 5.92 Å². The summed E-state index contributed by atoms with van der Waals surface area (Å²) < 4.78 is 13.1. The van der Waals surface area contributed by atoms with Gasteiger partial charge in [-0.2, -0.15) is 0 Å². The van der Waals surface area contributed by atoms with E-state index in [-0.39, 0.29) is 11.9 Å². The fraction of sp³-hybridized carbons (Fsp3) is 0.278. The van der Waals surface area contributed by atoms with Gasteiger partial charge in [-0.1, -0.05) is 44.2 Å². The fourth-order valence-corrected chi connectivity index (χ4v) is 2.55. The second kappa shape index (κ2) is 7.36. The average molecular weight is 316 g/mol. The van der Waals surface area contributed by atoms with Gasteiger partial charge in [0.25, 0.3) is 0 Å². The molecule has 0 aliphatic rings. The van der Waals surface area contributed by atoms with Gasteiger partial charge in [0.15, 0.2) is 5.11 Å². The third-order valence-electron chi connectivity index (χ3n) is 3.58. The summed E-state index contributed by atoms with van der Waals surface area (Å²) in [6, 6.07) is 14.6. The molecule has 0 spiro atoms. The van der Waals surface area contributed by atoms with E-state index in [1.165, 1.54) is 12.1 Å². The Morgan fingerprint density at radius 1 is 1.05 bits per heavy atom. The second-order valence-corrected chi connectivity index (χ2v) is 6.09. The van der Waals surface area contributed by atoms with E-state index in [0.717, 1.165) is 16.8 Å². The Morgan fingerprint density at radius 2 is 1.68 bits per heavy atom. The normalized spacial score (nSPS) is 12.0. The minimum atomic E-state index is -0.230. The Kier molecular flexibility index (Phi) is 5.50. The zero-order valence-electron chi connectivity index (χ0n) is 13.1. The summed E-state index contributed by atoms with van der Waals surface area (Å²) in [5, 5.41) is 7.12. The maximum atomic E-state index is 13.1. The summed E-state index contributed by atoms with van der Waals surface area (Å²) in [7, 11) is 0. The molecule has 0 heterocycles. The van der Waals surface area contributed by atoms with E-state index in [1.54, 1.807) is 12.1 Å². The maximum Gasteiger partial charge on any atom is 0.171 e. The Labute approximate surface area is 136 Å². The number of nitrogens with one attached hydrogen (secondary N) is 2. The minimum absolute atomic E-state index is 0.0321. The van der Waals surface area contributed by atoms with Gasteiger partial charge in [0.1, 0.15) is 5.82 Å². The lowest BCUT2D eigenvalue weighted by Gasteiger charge is -2.25. The van der Waals surface area contributed by atoms with Gasteiger partial charge in [-0.3, -0.25) is 0 Å². The van der Waals surface area contributed by atoms with E-state index in [0.29, 0.717) is 11.0 Å². The first-order valence-electron chi connectivity index (χ1n) is 7.36. The predicted molar refractivity (Wildman–Crippen MR) is 94.5 cm³/mol. The molecule has 0 unspecified atom stereocenters. The molecule has 0 saturated heterocycles. The first kappa shape index (κ1) is 16.4. The summed E-state index contributed by atoms with van der Waals surface area (Å²) in [4.78, 5) is 0. The van der Waals surface area contributed by atoms with Crippen LogP contribution in [0.15, 0.2) is 48.5 Å². The van der Waals surface area contributed by atoms with Crippen molar-refractivity contribution in [1.82, 2.24) is 5.32 Å². The number of rotatable bonds is 4. The van der Waals surface area contributed by atoms with Gasteiger partial charge in [0, 0.05) is 5.69 Å². The molecular formula is C18H21FN2S. The summed E-state index contributed by atoms with van der Waals surface area (Å²) in [6.45, 7) is 6.25. The molecule has 0 fully saturated rings. The summed E-state index contributed by atoms with van der Waals surface area (Å²) in [6.07, 6.45) is 0. The van der Waals surface area contributed by atoms with E-state index in [1.807, 2.05) is 31.2 Å². The van der Waals surface area contributed by atoms with Crippen molar-refractivity contribution in [2.75, 3.05) is 5.32 Å². The molecule has 0 amide bonds. The summed E-state index contributed by atoms with van der Waals surface area (Å²) >= 11 is 5.42. The maximum absolute atomic E-state index is 13.1. The Balaban J connectivity index is 2.09. The third kappa shape index (κ3) is 4.28. The van der Waals surface area contributed by atoms with Crippen LogP contribution in [0.4, 0.5) is 10.1 Å². The van der Waals surface area contributed by atoms with Crippen LogP contribution in [0.3, 0.4) is 0 Å². The number of hydrogen-bond donors (Lipinski definition) is 2. The van der Waals surface area contributed by atoms with Crippen LogP contribution in [0.1, 0.15) is 31.0 Å². The molecule has 2 aromatic rings. The molecule has 0 aliphatic carbocycles. The van der Waals surface area contributed by atoms with Crippen LogP contribution in [-0.2, 0) is 0 Å². The van der Waals surface area contributed by atoms with Crippen LogP contribution in [-0.4, -0.2) is 5.11 Å². The van der Waals surface area contributed by atoms with Crippen molar-refractivity contribution in [3.8, 4) is 0 Å².